The minimum Gasteiger partial charge on any atom is -0.461 e. The molecule has 0 atom stereocenters. The molecule has 0 heterocycles. The van der Waals surface area contributed by atoms with Crippen molar-refractivity contribution in [1.29, 1.82) is 0 Å². The number of benzene rings is 3. The van der Waals surface area contributed by atoms with Gasteiger partial charge in [0.05, 0.1) is 10.9 Å². The Balaban J connectivity index is 1.50. The number of fused-ring (bicyclic) bond motifs is 4. The van der Waals surface area contributed by atoms with Crippen molar-refractivity contribution in [3.05, 3.63) is 114 Å². The normalized spacial score (nSPS) is 12.7. The van der Waals surface area contributed by atoms with E-state index in [0.717, 1.165) is 22.3 Å². The van der Waals surface area contributed by atoms with Gasteiger partial charge in [-0.05, 0) is 28.3 Å². The minimum absolute atomic E-state index is 0.0361. The SMILES string of the molecule is O=C(OCC1c2ccccc2-c2ccccc21)c1cccc2c(=O)c(=O)c(=O)c12. The fourth-order valence-electron chi connectivity index (χ4n) is 4.17. The molecular formula is C24H14O5. The topological polar surface area (TPSA) is 77.5 Å². The number of carbonyl (C=O) groups is 1. The molecule has 4 aromatic rings. The highest BCUT2D eigenvalue weighted by Gasteiger charge is 2.29. The Morgan fingerprint density at radius 3 is 2.00 bits per heavy atom. The van der Waals surface area contributed by atoms with Crippen LogP contribution >= 0.6 is 0 Å². The summed E-state index contributed by atoms with van der Waals surface area (Å²) in [5.41, 5.74) is 1.37. The van der Waals surface area contributed by atoms with E-state index in [-0.39, 0.29) is 28.9 Å². The molecule has 1 aliphatic carbocycles. The molecule has 0 spiro atoms. The number of hydrogen-bond donors (Lipinski definition) is 0. The van der Waals surface area contributed by atoms with Crippen LogP contribution in [-0.4, -0.2) is 12.6 Å². The van der Waals surface area contributed by atoms with E-state index in [1.807, 2.05) is 48.5 Å². The van der Waals surface area contributed by atoms with E-state index in [2.05, 4.69) is 0 Å². The second kappa shape index (κ2) is 6.34. The highest BCUT2D eigenvalue weighted by Crippen LogP contribution is 2.44. The molecule has 0 saturated carbocycles. The Labute approximate surface area is 164 Å². The number of carbonyl (C=O) groups excluding carboxylic acids is 1. The van der Waals surface area contributed by atoms with Gasteiger partial charge in [0.15, 0.2) is 0 Å². The van der Waals surface area contributed by atoms with E-state index in [4.69, 9.17) is 4.74 Å². The first-order valence-electron chi connectivity index (χ1n) is 9.19. The molecule has 0 aromatic heterocycles. The van der Waals surface area contributed by atoms with Crippen molar-refractivity contribution in [2.24, 2.45) is 0 Å². The van der Waals surface area contributed by atoms with Crippen LogP contribution in [0.1, 0.15) is 27.4 Å². The number of esters is 1. The van der Waals surface area contributed by atoms with E-state index in [1.165, 1.54) is 18.2 Å². The first-order chi connectivity index (χ1) is 14.1. The standard InChI is InChI=1S/C24H14O5/c25-21-17-10-5-11-18(20(17)22(26)23(21)27)24(28)29-12-19-15-8-3-1-6-13(15)14-7-2-4-9-16(14)19/h1-11,19H,12H2. The molecule has 29 heavy (non-hydrogen) atoms. The fraction of sp³-hybridized carbons (Fsp3) is 0.0833. The van der Waals surface area contributed by atoms with E-state index < -0.39 is 22.3 Å². The molecule has 0 radical (unpaired) electrons. The predicted molar refractivity (Wildman–Crippen MR) is 109 cm³/mol. The van der Waals surface area contributed by atoms with Crippen LogP contribution in [0.2, 0.25) is 0 Å². The van der Waals surface area contributed by atoms with Crippen LogP contribution in [0.4, 0.5) is 0 Å². The van der Waals surface area contributed by atoms with Crippen LogP contribution in [0.25, 0.3) is 21.9 Å². The predicted octanol–water partition coefficient (Wildman–Crippen LogP) is 2.77. The summed E-state index contributed by atoms with van der Waals surface area (Å²) in [5, 5.41) is -0.189. The lowest BCUT2D eigenvalue weighted by atomic mass is 9.98. The highest BCUT2D eigenvalue weighted by atomic mass is 16.5. The van der Waals surface area contributed by atoms with Gasteiger partial charge in [0.25, 0.3) is 5.43 Å². The van der Waals surface area contributed by atoms with Gasteiger partial charge in [0, 0.05) is 11.3 Å². The average Bonchev–Trinajstić information content (AvgIpc) is 3.19. The van der Waals surface area contributed by atoms with Gasteiger partial charge in [-0.25, -0.2) is 4.79 Å². The molecule has 1 aliphatic rings. The fourth-order valence-corrected chi connectivity index (χ4v) is 4.17. The van der Waals surface area contributed by atoms with Gasteiger partial charge in [0.1, 0.15) is 6.61 Å². The summed E-state index contributed by atoms with van der Waals surface area (Å²) in [6.07, 6.45) is 0. The number of rotatable bonds is 3. The zero-order valence-corrected chi connectivity index (χ0v) is 15.2. The summed E-state index contributed by atoms with van der Waals surface area (Å²) in [7, 11) is 0. The molecule has 0 saturated heterocycles. The lowest BCUT2D eigenvalue weighted by Gasteiger charge is -2.14. The van der Waals surface area contributed by atoms with Crippen LogP contribution in [0.3, 0.4) is 0 Å². The smallest absolute Gasteiger partial charge is 0.338 e. The van der Waals surface area contributed by atoms with Crippen molar-refractivity contribution >= 4 is 16.7 Å². The van der Waals surface area contributed by atoms with Gasteiger partial charge in [-0.15, -0.1) is 0 Å². The Kier molecular flexibility index (Phi) is 3.77. The quantitative estimate of drug-likeness (QED) is 0.402. The maximum Gasteiger partial charge on any atom is 0.338 e. The molecule has 5 rings (SSSR count). The van der Waals surface area contributed by atoms with Crippen molar-refractivity contribution < 1.29 is 9.53 Å². The van der Waals surface area contributed by atoms with Gasteiger partial charge in [0.2, 0.25) is 10.9 Å². The lowest BCUT2D eigenvalue weighted by molar-refractivity contribution is 0.0496. The monoisotopic (exact) mass is 382 g/mol. The van der Waals surface area contributed by atoms with Gasteiger partial charge in [-0.2, -0.15) is 0 Å². The van der Waals surface area contributed by atoms with Crippen LogP contribution in [0, 0.1) is 0 Å². The molecule has 0 N–H and O–H groups in total. The largest absolute Gasteiger partial charge is 0.461 e. The molecule has 4 aromatic carbocycles. The Hall–Kier alpha value is -3.86. The molecule has 0 aliphatic heterocycles. The minimum atomic E-state index is -1.11. The van der Waals surface area contributed by atoms with E-state index in [0.29, 0.717) is 0 Å². The van der Waals surface area contributed by atoms with Gasteiger partial charge in [-0.1, -0.05) is 60.7 Å². The second-order valence-corrected chi connectivity index (χ2v) is 7.04. The van der Waals surface area contributed by atoms with Crippen molar-refractivity contribution in [2.45, 2.75) is 5.92 Å². The molecule has 0 fully saturated rings. The number of ether oxygens (including phenoxy) is 1. The van der Waals surface area contributed by atoms with Crippen molar-refractivity contribution in [3.63, 3.8) is 0 Å². The number of hydrogen-bond acceptors (Lipinski definition) is 5. The van der Waals surface area contributed by atoms with E-state index >= 15 is 0 Å². The van der Waals surface area contributed by atoms with Gasteiger partial charge in [-0.3, -0.25) is 14.4 Å². The van der Waals surface area contributed by atoms with Gasteiger partial charge >= 0.3 is 5.97 Å². The van der Waals surface area contributed by atoms with Crippen LogP contribution < -0.4 is 16.3 Å². The van der Waals surface area contributed by atoms with E-state index in [9.17, 15) is 19.2 Å². The van der Waals surface area contributed by atoms with Crippen LogP contribution in [0.15, 0.2) is 81.1 Å². The summed E-state index contributed by atoms with van der Waals surface area (Å²) >= 11 is 0. The maximum atomic E-state index is 12.7. The Morgan fingerprint density at radius 2 is 1.34 bits per heavy atom. The summed E-state index contributed by atoms with van der Waals surface area (Å²) < 4.78 is 5.56. The van der Waals surface area contributed by atoms with Crippen molar-refractivity contribution in [2.75, 3.05) is 6.61 Å². The third kappa shape index (κ3) is 2.48. The lowest BCUT2D eigenvalue weighted by Crippen LogP contribution is -2.29. The molecule has 5 nitrogen and oxygen atoms in total. The average molecular weight is 382 g/mol. The van der Waals surface area contributed by atoms with Crippen molar-refractivity contribution in [3.8, 4) is 11.1 Å². The maximum absolute atomic E-state index is 12.7. The zero-order valence-electron chi connectivity index (χ0n) is 15.2. The summed E-state index contributed by atoms with van der Waals surface area (Å²) in [6.45, 7) is 0.0899. The Morgan fingerprint density at radius 1 is 0.724 bits per heavy atom. The van der Waals surface area contributed by atoms with Crippen LogP contribution in [-0.2, 0) is 4.74 Å². The van der Waals surface area contributed by atoms with Gasteiger partial charge < -0.3 is 4.74 Å². The summed E-state index contributed by atoms with van der Waals surface area (Å²) in [6, 6.07) is 20.2. The molecule has 5 heteroatoms. The first-order valence-corrected chi connectivity index (χ1v) is 9.19. The third-order valence-electron chi connectivity index (χ3n) is 5.51. The molecule has 0 amide bonds. The van der Waals surface area contributed by atoms with Crippen LogP contribution in [0.5, 0.6) is 0 Å². The summed E-state index contributed by atoms with van der Waals surface area (Å²) in [4.78, 5) is 48.5. The van der Waals surface area contributed by atoms with Crippen molar-refractivity contribution in [1.82, 2.24) is 0 Å². The molecule has 0 unspecified atom stereocenters. The zero-order chi connectivity index (χ0) is 20.1. The highest BCUT2D eigenvalue weighted by molar-refractivity contribution is 6.04. The summed E-state index contributed by atoms with van der Waals surface area (Å²) in [5.74, 6) is -0.846. The van der Waals surface area contributed by atoms with E-state index in [1.54, 1.807) is 0 Å². The molecule has 0 bridgehead atoms. The molecule has 140 valence electrons. The Bertz CT molecular complexity index is 1390. The third-order valence-corrected chi connectivity index (χ3v) is 5.51. The molecular weight excluding hydrogens is 368 g/mol. The first kappa shape index (κ1) is 17.3. The second-order valence-electron chi connectivity index (χ2n) is 7.04.